The third-order valence-corrected chi connectivity index (χ3v) is 6.03. The molecule has 0 spiro atoms. The van der Waals surface area contributed by atoms with Gasteiger partial charge in [-0.3, -0.25) is 4.79 Å². The van der Waals surface area contributed by atoms with Crippen molar-refractivity contribution in [3.8, 4) is 5.88 Å². The van der Waals surface area contributed by atoms with Crippen molar-refractivity contribution in [2.75, 3.05) is 6.61 Å². The molecule has 1 amide bonds. The number of carbonyl (C=O) groups excluding carboxylic acids is 1. The lowest BCUT2D eigenvalue weighted by molar-refractivity contribution is 0.0918. The van der Waals surface area contributed by atoms with E-state index in [0.717, 1.165) is 10.4 Å². The Bertz CT molecular complexity index is 1250. The van der Waals surface area contributed by atoms with Gasteiger partial charge in [-0.25, -0.2) is 8.78 Å². The van der Waals surface area contributed by atoms with E-state index >= 15 is 0 Å². The van der Waals surface area contributed by atoms with Crippen molar-refractivity contribution in [2.24, 2.45) is 0 Å². The van der Waals surface area contributed by atoms with Crippen LogP contribution in [0.1, 0.15) is 38.1 Å². The molecule has 6 nitrogen and oxygen atoms in total. The molecule has 3 aromatic heterocycles. The Kier molecular flexibility index (Phi) is 6.20. The number of pyridine rings is 1. The second kappa shape index (κ2) is 9.05. The highest BCUT2D eigenvalue weighted by atomic mass is 32.1. The predicted molar refractivity (Wildman–Crippen MR) is 117 cm³/mol. The van der Waals surface area contributed by atoms with E-state index in [4.69, 9.17) is 4.74 Å². The highest BCUT2D eigenvalue weighted by Gasteiger charge is 2.23. The Morgan fingerprint density at radius 3 is 2.62 bits per heavy atom. The fourth-order valence-corrected chi connectivity index (χ4v) is 4.26. The fraction of sp³-hybridized carbons (Fsp3) is 0.217. The lowest BCUT2D eigenvalue weighted by atomic mass is 10.1. The SMILES string of the molecule is Cc1cc(OCc2c(F)cccc2F)n2nc(C)c(C(=O)N[C@@H](CO)c3cccs3)c2c1. The van der Waals surface area contributed by atoms with E-state index in [0.29, 0.717) is 16.8 Å². The van der Waals surface area contributed by atoms with E-state index in [2.05, 4.69) is 10.4 Å². The largest absolute Gasteiger partial charge is 0.473 e. The number of halogens is 2. The second-order valence-corrected chi connectivity index (χ2v) is 8.32. The molecule has 2 N–H and O–H groups in total. The highest BCUT2D eigenvalue weighted by molar-refractivity contribution is 7.10. The number of aliphatic hydroxyl groups is 1. The van der Waals surface area contributed by atoms with Gasteiger partial charge in [0.2, 0.25) is 5.88 Å². The molecular formula is C23H21F2N3O3S. The second-order valence-electron chi connectivity index (χ2n) is 7.34. The topological polar surface area (TPSA) is 75.9 Å². The minimum Gasteiger partial charge on any atom is -0.473 e. The van der Waals surface area contributed by atoms with Crippen LogP contribution < -0.4 is 10.1 Å². The van der Waals surface area contributed by atoms with Crippen LogP contribution in [0.2, 0.25) is 0 Å². The zero-order chi connectivity index (χ0) is 22.8. The van der Waals surface area contributed by atoms with Crippen molar-refractivity contribution in [3.63, 3.8) is 0 Å². The van der Waals surface area contributed by atoms with Gasteiger partial charge in [-0.15, -0.1) is 11.3 Å². The molecule has 0 saturated carbocycles. The first kappa shape index (κ1) is 21.9. The quantitative estimate of drug-likeness (QED) is 0.433. The average molecular weight is 458 g/mol. The maximum absolute atomic E-state index is 14.0. The van der Waals surface area contributed by atoms with Gasteiger partial charge in [-0.2, -0.15) is 9.61 Å². The van der Waals surface area contributed by atoms with Gasteiger partial charge >= 0.3 is 0 Å². The zero-order valence-electron chi connectivity index (χ0n) is 17.4. The molecule has 0 unspecified atom stereocenters. The summed E-state index contributed by atoms with van der Waals surface area (Å²) in [5.74, 6) is -1.54. The number of nitrogens with zero attached hydrogens (tertiary/aromatic N) is 2. The molecule has 1 atom stereocenters. The van der Waals surface area contributed by atoms with E-state index in [1.807, 2.05) is 24.4 Å². The molecule has 32 heavy (non-hydrogen) atoms. The molecule has 4 aromatic rings. The van der Waals surface area contributed by atoms with Gasteiger partial charge in [0.15, 0.2) is 0 Å². The predicted octanol–water partition coefficient (Wildman–Crippen LogP) is 4.33. The van der Waals surface area contributed by atoms with E-state index < -0.39 is 17.7 Å². The van der Waals surface area contributed by atoms with Crippen LogP contribution >= 0.6 is 11.3 Å². The van der Waals surface area contributed by atoms with E-state index in [1.165, 1.54) is 34.1 Å². The van der Waals surface area contributed by atoms with Crippen LogP contribution in [-0.2, 0) is 6.61 Å². The van der Waals surface area contributed by atoms with Gasteiger partial charge < -0.3 is 15.2 Å². The number of amides is 1. The van der Waals surface area contributed by atoms with Crippen molar-refractivity contribution in [2.45, 2.75) is 26.5 Å². The molecule has 0 fully saturated rings. The van der Waals surface area contributed by atoms with Crippen molar-refractivity contribution >= 4 is 22.8 Å². The van der Waals surface area contributed by atoms with Crippen molar-refractivity contribution in [3.05, 3.63) is 86.7 Å². The Hall–Kier alpha value is -3.30. The van der Waals surface area contributed by atoms with Crippen molar-refractivity contribution < 1.29 is 23.4 Å². The molecule has 0 aliphatic carbocycles. The molecule has 0 aliphatic rings. The van der Waals surface area contributed by atoms with Crippen LogP contribution in [-0.4, -0.2) is 27.2 Å². The highest BCUT2D eigenvalue weighted by Crippen LogP contribution is 2.26. The summed E-state index contributed by atoms with van der Waals surface area (Å²) in [6.45, 7) is 2.94. The monoisotopic (exact) mass is 457 g/mol. The number of fused-ring (bicyclic) bond motifs is 1. The smallest absolute Gasteiger partial charge is 0.255 e. The Morgan fingerprint density at radius 2 is 1.97 bits per heavy atom. The van der Waals surface area contributed by atoms with Gasteiger partial charge in [0, 0.05) is 10.9 Å². The lowest BCUT2D eigenvalue weighted by Crippen LogP contribution is -2.30. The van der Waals surface area contributed by atoms with Gasteiger partial charge in [0.05, 0.1) is 35.0 Å². The molecule has 0 radical (unpaired) electrons. The molecule has 4 rings (SSSR count). The average Bonchev–Trinajstić information content (AvgIpc) is 3.39. The van der Waals surface area contributed by atoms with Crippen LogP contribution in [0.25, 0.3) is 5.52 Å². The molecule has 9 heteroatoms. The summed E-state index contributed by atoms with van der Waals surface area (Å²) in [6.07, 6.45) is 0. The standard InChI is InChI=1S/C23H21F2N3O3S/c1-13-9-19-22(23(30)26-18(11-29)20-7-4-8-32-20)14(2)27-28(19)21(10-13)31-12-15-16(24)5-3-6-17(15)25/h3-10,18,29H,11-12H2,1-2H3,(H,26,30)/t18-/m0/s1. The summed E-state index contributed by atoms with van der Waals surface area (Å²) in [4.78, 5) is 13.9. The number of aryl methyl sites for hydroxylation is 2. The van der Waals surface area contributed by atoms with E-state index in [9.17, 15) is 18.7 Å². The van der Waals surface area contributed by atoms with E-state index in [-0.39, 0.29) is 30.6 Å². The van der Waals surface area contributed by atoms with Crippen LogP contribution in [0.4, 0.5) is 8.78 Å². The van der Waals surface area contributed by atoms with Crippen LogP contribution in [0.3, 0.4) is 0 Å². The van der Waals surface area contributed by atoms with Crippen LogP contribution in [0.5, 0.6) is 5.88 Å². The van der Waals surface area contributed by atoms with Gasteiger partial charge in [-0.1, -0.05) is 12.1 Å². The first-order valence-electron chi connectivity index (χ1n) is 9.89. The Morgan fingerprint density at radius 1 is 1.22 bits per heavy atom. The molecule has 166 valence electrons. The molecule has 0 bridgehead atoms. The summed E-state index contributed by atoms with van der Waals surface area (Å²) in [5.41, 5.74) is 1.88. The van der Waals surface area contributed by atoms with E-state index in [1.54, 1.807) is 19.1 Å². The Labute approximate surface area is 187 Å². The molecule has 0 saturated heterocycles. The summed E-state index contributed by atoms with van der Waals surface area (Å²) in [6, 6.07) is 10.2. The lowest BCUT2D eigenvalue weighted by Gasteiger charge is -2.15. The number of aromatic nitrogens is 2. The molecule has 1 aromatic carbocycles. The third kappa shape index (κ3) is 4.21. The number of hydrogen-bond donors (Lipinski definition) is 2. The van der Waals surface area contributed by atoms with Crippen LogP contribution in [0, 0.1) is 25.5 Å². The number of nitrogens with one attached hydrogen (secondary N) is 1. The fourth-order valence-electron chi connectivity index (χ4n) is 3.49. The summed E-state index contributed by atoms with van der Waals surface area (Å²) >= 11 is 1.44. The summed E-state index contributed by atoms with van der Waals surface area (Å²) in [5, 5.41) is 18.9. The maximum Gasteiger partial charge on any atom is 0.255 e. The van der Waals surface area contributed by atoms with Gasteiger partial charge in [0.25, 0.3) is 5.91 Å². The number of rotatable bonds is 7. The third-order valence-electron chi connectivity index (χ3n) is 5.05. The summed E-state index contributed by atoms with van der Waals surface area (Å²) < 4.78 is 35.1. The number of aliphatic hydroxyl groups excluding tert-OH is 1. The van der Waals surface area contributed by atoms with Crippen LogP contribution in [0.15, 0.2) is 47.8 Å². The number of thiophene rings is 1. The normalized spacial score (nSPS) is 12.2. The number of benzene rings is 1. The van der Waals surface area contributed by atoms with Gasteiger partial charge in [-0.05, 0) is 49.1 Å². The number of ether oxygens (including phenoxy) is 1. The van der Waals surface area contributed by atoms with Crippen molar-refractivity contribution in [1.29, 1.82) is 0 Å². The first-order chi connectivity index (χ1) is 15.4. The maximum atomic E-state index is 14.0. The summed E-state index contributed by atoms with van der Waals surface area (Å²) in [7, 11) is 0. The molecule has 3 heterocycles. The van der Waals surface area contributed by atoms with Gasteiger partial charge in [0.1, 0.15) is 18.2 Å². The number of hydrogen-bond acceptors (Lipinski definition) is 5. The number of carbonyl (C=O) groups is 1. The first-order valence-corrected chi connectivity index (χ1v) is 10.8. The zero-order valence-corrected chi connectivity index (χ0v) is 18.2. The van der Waals surface area contributed by atoms with Crippen molar-refractivity contribution in [1.82, 2.24) is 14.9 Å². The molecule has 0 aliphatic heterocycles. The molecular weight excluding hydrogens is 436 g/mol. The minimum atomic E-state index is -0.700. The minimum absolute atomic E-state index is 0.189. The Balaban J connectivity index is 1.66.